The van der Waals surface area contributed by atoms with Crippen molar-refractivity contribution >= 4 is 0 Å². The molecule has 0 aliphatic heterocycles. The Morgan fingerprint density at radius 1 is 1.56 bits per heavy atom. The van der Waals surface area contributed by atoms with Crippen LogP contribution in [0, 0.1) is 0 Å². The minimum atomic E-state index is 0.619. The lowest BCUT2D eigenvalue weighted by Crippen LogP contribution is -2.29. The van der Waals surface area contributed by atoms with Gasteiger partial charge in [-0.2, -0.15) is 5.10 Å². The Bertz CT molecular complexity index is 295. The van der Waals surface area contributed by atoms with Gasteiger partial charge in [-0.1, -0.05) is 0 Å². The largest absolute Gasteiger partial charge is 0.320 e. The van der Waals surface area contributed by atoms with Crippen molar-refractivity contribution in [3.05, 3.63) is 18.0 Å². The minimum Gasteiger partial charge on any atom is -0.320 e. The monoisotopic (exact) mass is 224 g/mol. The van der Waals surface area contributed by atoms with Gasteiger partial charge in [0.15, 0.2) is 0 Å². The van der Waals surface area contributed by atoms with Crippen LogP contribution in [0.1, 0.15) is 25.3 Å². The summed E-state index contributed by atoms with van der Waals surface area (Å²) >= 11 is 0. The molecule has 0 saturated heterocycles. The molecule has 0 aliphatic carbocycles. The van der Waals surface area contributed by atoms with Crippen LogP contribution in [0.3, 0.4) is 0 Å². The Labute approximate surface area is 98.6 Å². The van der Waals surface area contributed by atoms with Crippen molar-refractivity contribution < 1.29 is 0 Å². The molecule has 0 amide bonds. The molecule has 0 aliphatic rings. The summed E-state index contributed by atoms with van der Waals surface area (Å²) in [4.78, 5) is 2.38. The van der Waals surface area contributed by atoms with E-state index in [1.54, 1.807) is 0 Å². The molecule has 1 N–H and O–H groups in total. The first-order chi connectivity index (χ1) is 7.63. The lowest BCUT2D eigenvalue weighted by molar-refractivity contribution is 0.234. The summed E-state index contributed by atoms with van der Waals surface area (Å²) in [6.45, 7) is 4.37. The lowest BCUT2D eigenvalue weighted by atomic mass is 10.1. The highest BCUT2D eigenvalue weighted by molar-refractivity contribution is 5.03. The van der Waals surface area contributed by atoms with Crippen molar-refractivity contribution in [2.45, 2.75) is 32.4 Å². The highest BCUT2D eigenvalue weighted by Gasteiger charge is 2.09. The van der Waals surface area contributed by atoms with Gasteiger partial charge in [0.05, 0.1) is 6.20 Å². The fourth-order valence-electron chi connectivity index (χ4n) is 1.79. The molecule has 0 radical (unpaired) electrons. The Kier molecular flexibility index (Phi) is 5.49. The van der Waals surface area contributed by atoms with Crippen molar-refractivity contribution in [1.82, 2.24) is 20.0 Å². The number of nitrogens with zero attached hydrogens (tertiary/aromatic N) is 3. The van der Waals surface area contributed by atoms with Gasteiger partial charge in [0.25, 0.3) is 0 Å². The standard InChI is InChI=1S/C12H24N4/c1-11(6-5-7-13-2)15(3)9-12-8-14-16(4)10-12/h8,10-11,13H,5-7,9H2,1-4H3. The van der Waals surface area contributed by atoms with E-state index in [4.69, 9.17) is 0 Å². The third-order valence-corrected chi connectivity index (χ3v) is 2.99. The maximum atomic E-state index is 4.18. The summed E-state index contributed by atoms with van der Waals surface area (Å²) in [6, 6.07) is 0.619. The smallest absolute Gasteiger partial charge is 0.0534 e. The Morgan fingerprint density at radius 2 is 2.31 bits per heavy atom. The first kappa shape index (κ1) is 13.2. The molecule has 1 unspecified atom stereocenters. The van der Waals surface area contributed by atoms with Crippen molar-refractivity contribution in [2.24, 2.45) is 7.05 Å². The SMILES string of the molecule is CNCCCC(C)N(C)Cc1cnn(C)c1. The normalized spacial score (nSPS) is 13.3. The van der Waals surface area contributed by atoms with Gasteiger partial charge in [0, 0.05) is 31.4 Å². The maximum absolute atomic E-state index is 4.18. The van der Waals surface area contributed by atoms with Gasteiger partial charge >= 0.3 is 0 Å². The summed E-state index contributed by atoms with van der Waals surface area (Å²) in [5.41, 5.74) is 1.28. The predicted octanol–water partition coefficient (Wildman–Crippen LogP) is 1.24. The number of aryl methyl sites for hydroxylation is 1. The molecule has 1 heterocycles. The maximum Gasteiger partial charge on any atom is 0.0534 e. The quantitative estimate of drug-likeness (QED) is 0.707. The topological polar surface area (TPSA) is 33.1 Å². The summed E-state index contributed by atoms with van der Waals surface area (Å²) in [6.07, 6.45) is 6.49. The van der Waals surface area contributed by atoms with Crippen LogP contribution in [0.5, 0.6) is 0 Å². The van der Waals surface area contributed by atoms with Crippen molar-refractivity contribution in [3.8, 4) is 0 Å². The average molecular weight is 224 g/mol. The van der Waals surface area contributed by atoms with Crippen molar-refractivity contribution in [1.29, 1.82) is 0 Å². The van der Waals surface area contributed by atoms with Crippen LogP contribution in [0.4, 0.5) is 0 Å². The zero-order valence-electron chi connectivity index (χ0n) is 10.9. The van der Waals surface area contributed by atoms with Gasteiger partial charge in [0.2, 0.25) is 0 Å². The van der Waals surface area contributed by atoms with Crippen LogP contribution in [-0.2, 0) is 13.6 Å². The molecular weight excluding hydrogens is 200 g/mol. The summed E-state index contributed by atoms with van der Waals surface area (Å²) in [7, 11) is 6.14. The molecule has 1 aromatic heterocycles. The molecule has 4 heteroatoms. The van der Waals surface area contributed by atoms with E-state index in [1.807, 2.05) is 25.0 Å². The molecule has 0 saturated carbocycles. The summed E-state index contributed by atoms with van der Waals surface area (Å²) in [5.74, 6) is 0. The van der Waals surface area contributed by atoms with Gasteiger partial charge in [-0.3, -0.25) is 9.58 Å². The zero-order valence-corrected chi connectivity index (χ0v) is 10.9. The molecule has 0 spiro atoms. The third-order valence-electron chi connectivity index (χ3n) is 2.99. The molecule has 0 bridgehead atoms. The summed E-state index contributed by atoms with van der Waals surface area (Å²) < 4.78 is 1.86. The second kappa shape index (κ2) is 6.66. The van der Waals surface area contributed by atoms with E-state index in [0.717, 1.165) is 13.1 Å². The van der Waals surface area contributed by atoms with E-state index in [2.05, 4.69) is 35.5 Å². The third kappa shape index (κ3) is 4.33. The van der Waals surface area contributed by atoms with E-state index >= 15 is 0 Å². The molecule has 4 nitrogen and oxygen atoms in total. The lowest BCUT2D eigenvalue weighted by Gasteiger charge is -2.24. The van der Waals surface area contributed by atoms with Crippen molar-refractivity contribution in [2.75, 3.05) is 20.6 Å². The molecule has 1 atom stereocenters. The van der Waals surface area contributed by atoms with Gasteiger partial charge in [0.1, 0.15) is 0 Å². The Hall–Kier alpha value is -0.870. The molecule has 0 aromatic carbocycles. The van der Waals surface area contributed by atoms with Crippen LogP contribution >= 0.6 is 0 Å². The fourth-order valence-corrected chi connectivity index (χ4v) is 1.79. The molecule has 0 fully saturated rings. The number of rotatable bonds is 7. The van der Waals surface area contributed by atoms with E-state index < -0.39 is 0 Å². The Balaban J connectivity index is 2.30. The molecule has 92 valence electrons. The molecular formula is C12H24N4. The predicted molar refractivity (Wildman–Crippen MR) is 67.3 cm³/mol. The van der Waals surface area contributed by atoms with Crippen LogP contribution in [0.15, 0.2) is 12.4 Å². The van der Waals surface area contributed by atoms with Crippen molar-refractivity contribution in [3.63, 3.8) is 0 Å². The number of hydrogen-bond donors (Lipinski definition) is 1. The van der Waals surface area contributed by atoms with Crippen LogP contribution in [0.25, 0.3) is 0 Å². The van der Waals surface area contributed by atoms with E-state index in [0.29, 0.717) is 6.04 Å². The van der Waals surface area contributed by atoms with E-state index in [1.165, 1.54) is 18.4 Å². The van der Waals surface area contributed by atoms with Gasteiger partial charge in [-0.05, 0) is 40.4 Å². The number of aromatic nitrogens is 2. The Morgan fingerprint density at radius 3 is 2.88 bits per heavy atom. The van der Waals surface area contributed by atoms with Gasteiger partial charge in [-0.15, -0.1) is 0 Å². The van der Waals surface area contributed by atoms with E-state index in [9.17, 15) is 0 Å². The van der Waals surface area contributed by atoms with Gasteiger partial charge < -0.3 is 5.32 Å². The fraction of sp³-hybridized carbons (Fsp3) is 0.750. The van der Waals surface area contributed by atoms with Crippen LogP contribution < -0.4 is 5.32 Å². The van der Waals surface area contributed by atoms with Gasteiger partial charge in [-0.25, -0.2) is 0 Å². The first-order valence-electron chi connectivity index (χ1n) is 5.96. The minimum absolute atomic E-state index is 0.619. The number of nitrogens with one attached hydrogen (secondary N) is 1. The number of hydrogen-bond acceptors (Lipinski definition) is 3. The zero-order chi connectivity index (χ0) is 12.0. The van der Waals surface area contributed by atoms with Crippen LogP contribution in [0.2, 0.25) is 0 Å². The molecule has 1 aromatic rings. The van der Waals surface area contributed by atoms with E-state index in [-0.39, 0.29) is 0 Å². The molecule has 16 heavy (non-hydrogen) atoms. The average Bonchev–Trinajstić information content (AvgIpc) is 2.64. The second-order valence-corrected chi connectivity index (χ2v) is 4.53. The first-order valence-corrected chi connectivity index (χ1v) is 5.96. The highest BCUT2D eigenvalue weighted by Crippen LogP contribution is 2.08. The molecule has 1 rings (SSSR count). The van der Waals surface area contributed by atoms with Crippen LogP contribution in [-0.4, -0.2) is 41.4 Å². The summed E-state index contributed by atoms with van der Waals surface area (Å²) in [5, 5.41) is 7.37. The second-order valence-electron chi connectivity index (χ2n) is 4.53. The highest BCUT2D eigenvalue weighted by atomic mass is 15.2.